The molecule has 27 heavy (non-hydrogen) atoms. The molecule has 0 bridgehead atoms. The molecular formula is C22H26N2O2S. The number of thiophene rings is 1. The van der Waals surface area contributed by atoms with E-state index in [1.54, 1.807) is 0 Å². The smallest absolute Gasteiger partial charge is 0.227 e. The van der Waals surface area contributed by atoms with Crippen molar-refractivity contribution in [2.24, 2.45) is 5.92 Å². The van der Waals surface area contributed by atoms with Crippen molar-refractivity contribution < 1.29 is 9.53 Å². The number of fused-ring (bicyclic) bond motifs is 2. The Hall–Kier alpha value is -1.85. The van der Waals surface area contributed by atoms with Crippen LogP contribution in [-0.2, 0) is 30.6 Å². The fraction of sp³-hybridized carbons (Fsp3) is 0.500. The van der Waals surface area contributed by atoms with Crippen LogP contribution in [0, 0.1) is 5.92 Å². The van der Waals surface area contributed by atoms with Crippen molar-refractivity contribution in [1.82, 2.24) is 9.80 Å². The number of rotatable bonds is 4. The zero-order valence-electron chi connectivity index (χ0n) is 15.7. The van der Waals surface area contributed by atoms with Crippen LogP contribution in [0.15, 0.2) is 29.6 Å². The van der Waals surface area contributed by atoms with E-state index in [1.165, 1.54) is 21.6 Å². The molecule has 2 aromatic rings. The number of likely N-dealkylation sites (tertiary alicyclic amines) is 1. The fourth-order valence-corrected chi connectivity index (χ4v) is 5.50. The van der Waals surface area contributed by atoms with Crippen molar-refractivity contribution in [3.63, 3.8) is 0 Å². The van der Waals surface area contributed by atoms with Crippen molar-refractivity contribution >= 4 is 17.2 Å². The van der Waals surface area contributed by atoms with Crippen LogP contribution >= 0.6 is 11.3 Å². The molecule has 4 heterocycles. The van der Waals surface area contributed by atoms with Gasteiger partial charge in [0.05, 0.1) is 12.5 Å². The minimum atomic E-state index is 0.179. The predicted molar refractivity (Wildman–Crippen MR) is 107 cm³/mol. The third-order valence-electron chi connectivity index (χ3n) is 6.21. The maximum absolute atomic E-state index is 13.0. The van der Waals surface area contributed by atoms with Crippen LogP contribution in [0.1, 0.15) is 28.0 Å². The van der Waals surface area contributed by atoms with Gasteiger partial charge in [0.1, 0.15) is 5.75 Å². The highest BCUT2D eigenvalue weighted by molar-refractivity contribution is 7.10. The van der Waals surface area contributed by atoms with Crippen LogP contribution in [0.4, 0.5) is 0 Å². The first-order valence-electron chi connectivity index (χ1n) is 10.1. The van der Waals surface area contributed by atoms with Crippen molar-refractivity contribution in [3.8, 4) is 5.75 Å². The van der Waals surface area contributed by atoms with Gasteiger partial charge in [-0.05, 0) is 60.0 Å². The Morgan fingerprint density at radius 3 is 3.11 bits per heavy atom. The van der Waals surface area contributed by atoms with E-state index in [0.29, 0.717) is 5.91 Å². The molecule has 1 aromatic carbocycles. The van der Waals surface area contributed by atoms with E-state index in [0.717, 1.165) is 70.8 Å². The number of benzene rings is 1. The molecule has 0 saturated carbocycles. The Labute approximate surface area is 164 Å². The van der Waals surface area contributed by atoms with E-state index in [2.05, 4.69) is 39.4 Å². The summed E-state index contributed by atoms with van der Waals surface area (Å²) >= 11 is 1.83. The molecule has 0 aliphatic carbocycles. The molecule has 1 aromatic heterocycles. The van der Waals surface area contributed by atoms with Crippen molar-refractivity contribution in [2.45, 2.75) is 32.2 Å². The summed E-state index contributed by atoms with van der Waals surface area (Å²) < 4.78 is 5.59. The lowest BCUT2D eigenvalue weighted by Gasteiger charge is -2.29. The second-order valence-electron chi connectivity index (χ2n) is 7.96. The predicted octanol–water partition coefficient (Wildman–Crippen LogP) is 3.13. The van der Waals surface area contributed by atoms with Gasteiger partial charge in [0.25, 0.3) is 0 Å². The number of carbonyl (C=O) groups excluding carboxylic acids is 1. The Morgan fingerprint density at radius 1 is 1.19 bits per heavy atom. The van der Waals surface area contributed by atoms with Gasteiger partial charge in [-0.2, -0.15) is 0 Å². The number of nitrogens with zero attached hydrogens (tertiary/aromatic N) is 2. The highest BCUT2D eigenvalue weighted by Gasteiger charge is 2.32. The molecule has 1 atom stereocenters. The number of carbonyl (C=O) groups is 1. The van der Waals surface area contributed by atoms with Gasteiger partial charge in [0.15, 0.2) is 0 Å². The first-order chi connectivity index (χ1) is 13.3. The van der Waals surface area contributed by atoms with Crippen LogP contribution in [0.3, 0.4) is 0 Å². The van der Waals surface area contributed by atoms with E-state index in [4.69, 9.17) is 4.74 Å². The molecule has 1 unspecified atom stereocenters. The van der Waals surface area contributed by atoms with E-state index < -0.39 is 0 Å². The largest absolute Gasteiger partial charge is 0.493 e. The zero-order valence-corrected chi connectivity index (χ0v) is 16.5. The summed E-state index contributed by atoms with van der Waals surface area (Å²) in [6.07, 6.45) is 4.11. The average Bonchev–Trinajstić information content (AvgIpc) is 3.44. The highest BCUT2D eigenvalue weighted by Crippen LogP contribution is 2.28. The van der Waals surface area contributed by atoms with E-state index in [9.17, 15) is 4.79 Å². The number of amides is 1. The van der Waals surface area contributed by atoms with Gasteiger partial charge in [-0.25, -0.2) is 0 Å². The fourth-order valence-electron chi connectivity index (χ4n) is 4.61. The molecule has 5 heteroatoms. The molecule has 1 amide bonds. The Balaban J connectivity index is 1.14. The first kappa shape index (κ1) is 17.3. The van der Waals surface area contributed by atoms with E-state index in [-0.39, 0.29) is 5.92 Å². The van der Waals surface area contributed by atoms with E-state index >= 15 is 0 Å². The summed E-state index contributed by atoms with van der Waals surface area (Å²) in [6.45, 7) is 5.52. The van der Waals surface area contributed by atoms with Gasteiger partial charge in [0.2, 0.25) is 5.91 Å². The molecule has 3 aliphatic rings. The minimum Gasteiger partial charge on any atom is -0.493 e. The summed E-state index contributed by atoms with van der Waals surface area (Å²) in [5.41, 5.74) is 4.09. The maximum Gasteiger partial charge on any atom is 0.227 e. The zero-order chi connectivity index (χ0) is 18.2. The molecule has 0 radical (unpaired) electrons. The molecule has 3 aliphatic heterocycles. The van der Waals surface area contributed by atoms with Gasteiger partial charge < -0.3 is 14.5 Å². The summed E-state index contributed by atoms with van der Waals surface area (Å²) in [5.74, 6) is 1.60. The average molecular weight is 383 g/mol. The molecule has 1 fully saturated rings. The molecule has 5 rings (SSSR count). The summed E-state index contributed by atoms with van der Waals surface area (Å²) in [5, 5.41) is 2.15. The molecular weight excluding hydrogens is 356 g/mol. The lowest BCUT2D eigenvalue weighted by Crippen LogP contribution is -2.40. The van der Waals surface area contributed by atoms with Crippen LogP contribution in [-0.4, -0.2) is 48.5 Å². The van der Waals surface area contributed by atoms with Crippen LogP contribution in [0.2, 0.25) is 0 Å². The highest BCUT2D eigenvalue weighted by atomic mass is 32.1. The normalized spacial score (nSPS) is 21.8. The molecule has 4 nitrogen and oxygen atoms in total. The second-order valence-corrected chi connectivity index (χ2v) is 8.96. The van der Waals surface area contributed by atoms with Gasteiger partial charge in [-0.15, -0.1) is 11.3 Å². The summed E-state index contributed by atoms with van der Waals surface area (Å²) in [6, 6.07) is 8.79. The van der Waals surface area contributed by atoms with E-state index in [1.807, 2.05) is 11.3 Å². The lowest BCUT2D eigenvalue weighted by molar-refractivity contribution is -0.136. The number of hydrogen-bond donors (Lipinski definition) is 0. The second kappa shape index (κ2) is 7.28. The third-order valence-corrected chi connectivity index (χ3v) is 7.23. The van der Waals surface area contributed by atoms with Gasteiger partial charge in [-0.3, -0.25) is 4.79 Å². The Kier molecular flexibility index (Phi) is 4.66. The number of hydrogen-bond acceptors (Lipinski definition) is 4. The summed E-state index contributed by atoms with van der Waals surface area (Å²) in [4.78, 5) is 19.0. The third kappa shape index (κ3) is 3.50. The molecule has 0 N–H and O–H groups in total. The minimum absolute atomic E-state index is 0.179. The van der Waals surface area contributed by atoms with Gasteiger partial charge in [-0.1, -0.05) is 12.1 Å². The van der Waals surface area contributed by atoms with Crippen molar-refractivity contribution in [1.29, 1.82) is 0 Å². The topological polar surface area (TPSA) is 32.8 Å². The summed E-state index contributed by atoms with van der Waals surface area (Å²) in [7, 11) is 0. The standard InChI is InChI=1S/C22H26N2O2S/c25-22(24-10-5-21-18(15-24)7-12-27-21)19-4-9-23(14-19)8-3-16-1-2-20-17(13-16)6-11-26-20/h1-2,7,12-13,19H,3-6,8-11,14-15H2. The Bertz CT molecular complexity index is 847. The van der Waals surface area contributed by atoms with Crippen LogP contribution < -0.4 is 4.74 Å². The molecule has 0 spiro atoms. The van der Waals surface area contributed by atoms with Gasteiger partial charge in [0, 0.05) is 37.5 Å². The Morgan fingerprint density at radius 2 is 2.15 bits per heavy atom. The van der Waals surface area contributed by atoms with Crippen molar-refractivity contribution in [3.05, 3.63) is 51.2 Å². The SMILES string of the molecule is O=C(C1CCN(CCc2ccc3c(c2)CCO3)C1)N1CCc2sccc2C1. The lowest BCUT2D eigenvalue weighted by atomic mass is 10.0. The van der Waals surface area contributed by atoms with Gasteiger partial charge >= 0.3 is 0 Å². The monoisotopic (exact) mass is 382 g/mol. The van der Waals surface area contributed by atoms with Crippen LogP contribution in [0.25, 0.3) is 0 Å². The molecule has 142 valence electrons. The quantitative estimate of drug-likeness (QED) is 0.814. The molecule has 1 saturated heterocycles. The number of ether oxygens (including phenoxy) is 1. The van der Waals surface area contributed by atoms with Crippen LogP contribution in [0.5, 0.6) is 5.75 Å². The van der Waals surface area contributed by atoms with Crippen molar-refractivity contribution in [2.75, 3.05) is 32.8 Å². The maximum atomic E-state index is 13.0. The first-order valence-corrected chi connectivity index (χ1v) is 11.0.